The zero-order valence-electron chi connectivity index (χ0n) is 16.9. The van der Waals surface area contributed by atoms with E-state index < -0.39 is 12.4 Å². The Hall–Kier alpha value is -2.03. The van der Waals surface area contributed by atoms with Crippen LogP contribution in [0.2, 0.25) is 0 Å². The van der Waals surface area contributed by atoms with Gasteiger partial charge in [0.2, 0.25) is 0 Å². The van der Waals surface area contributed by atoms with Gasteiger partial charge in [-0.1, -0.05) is 18.2 Å². The lowest BCUT2D eigenvalue weighted by Gasteiger charge is -2.42. The lowest BCUT2D eigenvalue weighted by Crippen LogP contribution is -2.63. The highest BCUT2D eigenvalue weighted by atomic mass is 16.7. The highest BCUT2D eigenvalue weighted by Crippen LogP contribution is 2.31. The van der Waals surface area contributed by atoms with E-state index in [9.17, 15) is 5.11 Å². The fourth-order valence-corrected chi connectivity index (χ4v) is 4.09. The van der Waals surface area contributed by atoms with Crippen LogP contribution in [0.15, 0.2) is 48.7 Å². The monoisotopic (exact) mass is 399 g/mol. The SMILES string of the molecule is COc1ccc(CN[C@H]2[C@H](O)[C@@H](N(C)CCc3ccccn3)[C@@H]3OC[C@H]2O3)cc1. The third-order valence-electron chi connectivity index (χ3n) is 5.79. The van der Waals surface area contributed by atoms with Crippen LogP contribution in [0.25, 0.3) is 0 Å². The number of aliphatic hydroxyl groups excluding tert-OH is 1. The molecule has 2 aromatic rings. The summed E-state index contributed by atoms with van der Waals surface area (Å²) < 4.78 is 17.1. The fourth-order valence-electron chi connectivity index (χ4n) is 4.09. The molecule has 0 amide bonds. The van der Waals surface area contributed by atoms with E-state index in [0.717, 1.165) is 30.0 Å². The molecule has 1 aromatic heterocycles. The van der Waals surface area contributed by atoms with Crippen molar-refractivity contribution in [3.8, 4) is 5.75 Å². The molecule has 2 fully saturated rings. The second kappa shape index (κ2) is 9.19. The van der Waals surface area contributed by atoms with Crippen LogP contribution in [0, 0.1) is 0 Å². The number of rotatable bonds is 8. The topological polar surface area (TPSA) is 76.1 Å². The standard InChI is InChI=1S/C22H29N3O4/c1-25(12-10-16-5-3-4-11-23-16)20-21(26)19(18-14-28-22(20)29-18)24-13-15-6-8-17(27-2)9-7-15/h3-9,11,18-22,24,26H,10,12-14H2,1-2H3/t18-,19-,20-,21+,22-/m1/s1. The second-order valence-electron chi connectivity index (χ2n) is 7.66. The number of aliphatic hydroxyl groups is 1. The van der Waals surface area contributed by atoms with Crippen molar-refractivity contribution in [1.82, 2.24) is 15.2 Å². The minimum Gasteiger partial charge on any atom is -0.497 e. The number of fused-ring (bicyclic) bond motifs is 2. The Balaban J connectivity index is 1.38. The smallest absolute Gasteiger partial charge is 0.176 e. The van der Waals surface area contributed by atoms with Gasteiger partial charge in [0.25, 0.3) is 0 Å². The first-order chi connectivity index (χ1) is 14.2. The molecule has 0 saturated carbocycles. The van der Waals surface area contributed by atoms with Crippen molar-refractivity contribution in [2.24, 2.45) is 0 Å². The number of methoxy groups -OCH3 is 1. The van der Waals surface area contributed by atoms with Crippen LogP contribution in [0.1, 0.15) is 11.3 Å². The minimum absolute atomic E-state index is 0.145. The maximum Gasteiger partial charge on any atom is 0.176 e. The first-order valence-electron chi connectivity index (χ1n) is 10.1. The maximum atomic E-state index is 11.1. The zero-order chi connectivity index (χ0) is 20.2. The molecule has 2 aliphatic heterocycles. The van der Waals surface area contributed by atoms with Gasteiger partial charge < -0.3 is 24.6 Å². The van der Waals surface area contributed by atoms with E-state index >= 15 is 0 Å². The lowest BCUT2D eigenvalue weighted by atomic mass is 9.94. The molecule has 7 nitrogen and oxygen atoms in total. The molecule has 2 N–H and O–H groups in total. The Bertz CT molecular complexity index is 773. The molecule has 0 spiro atoms. The molecule has 3 heterocycles. The number of pyridine rings is 1. The van der Waals surface area contributed by atoms with Crippen LogP contribution < -0.4 is 10.1 Å². The zero-order valence-corrected chi connectivity index (χ0v) is 16.9. The number of nitrogens with one attached hydrogen (secondary N) is 1. The number of nitrogens with zero attached hydrogens (tertiary/aromatic N) is 2. The van der Waals surface area contributed by atoms with Crippen molar-refractivity contribution in [3.63, 3.8) is 0 Å². The summed E-state index contributed by atoms with van der Waals surface area (Å²) in [4.78, 5) is 6.50. The number of hydrogen-bond acceptors (Lipinski definition) is 7. The lowest BCUT2D eigenvalue weighted by molar-refractivity contribution is -0.178. The van der Waals surface area contributed by atoms with E-state index in [-0.39, 0.29) is 18.2 Å². The molecule has 0 radical (unpaired) electrons. The maximum absolute atomic E-state index is 11.1. The molecule has 1 aromatic carbocycles. The molecule has 0 aliphatic carbocycles. The third kappa shape index (κ3) is 4.60. The van der Waals surface area contributed by atoms with Crippen LogP contribution in [0.4, 0.5) is 0 Å². The average molecular weight is 399 g/mol. The number of benzene rings is 1. The van der Waals surface area contributed by atoms with Crippen molar-refractivity contribution in [3.05, 3.63) is 59.9 Å². The highest BCUT2D eigenvalue weighted by Gasteiger charge is 2.51. The van der Waals surface area contributed by atoms with Crippen molar-refractivity contribution in [2.45, 2.75) is 43.5 Å². The first-order valence-corrected chi connectivity index (χ1v) is 10.1. The van der Waals surface area contributed by atoms with Gasteiger partial charge in [-0.3, -0.25) is 9.88 Å². The molecule has 7 heteroatoms. The minimum atomic E-state index is -0.590. The molecule has 0 unspecified atom stereocenters. The van der Waals surface area contributed by atoms with Crippen LogP contribution in [-0.4, -0.2) is 72.9 Å². The number of aromatic nitrogens is 1. The number of hydrogen-bond donors (Lipinski definition) is 2. The summed E-state index contributed by atoms with van der Waals surface area (Å²) in [5.74, 6) is 0.830. The summed E-state index contributed by atoms with van der Waals surface area (Å²) in [6, 6.07) is 13.4. The molecule has 4 rings (SSSR count). The second-order valence-corrected chi connectivity index (χ2v) is 7.66. The van der Waals surface area contributed by atoms with Crippen molar-refractivity contribution in [2.75, 3.05) is 27.3 Å². The molecular formula is C22H29N3O4. The molecular weight excluding hydrogens is 370 g/mol. The number of likely N-dealkylation sites (N-methyl/N-ethyl adjacent to an activating group) is 1. The predicted molar refractivity (Wildman–Crippen MR) is 109 cm³/mol. The molecule has 2 bridgehead atoms. The van der Waals surface area contributed by atoms with Gasteiger partial charge in [-0.15, -0.1) is 0 Å². The molecule has 29 heavy (non-hydrogen) atoms. The Morgan fingerprint density at radius 3 is 2.79 bits per heavy atom. The van der Waals surface area contributed by atoms with Crippen LogP contribution in [0.5, 0.6) is 5.75 Å². The van der Waals surface area contributed by atoms with E-state index in [1.807, 2.05) is 49.5 Å². The third-order valence-corrected chi connectivity index (χ3v) is 5.79. The molecule has 2 saturated heterocycles. The Kier molecular flexibility index (Phi) is 6.42. The quantitative estimate of drug-likeness (QED) is 0.691. The Morgan fingerprint density at radius 1 is 1.24 bits per heavy atom. The van der Waals surface area contributed by atoms with Gasteiger partial charge in [-0.2, -0.15) is 0 Å². The normalized spacial score (nSPS) is 28.6. The summed E-state index contributed by atoms with van der Waals surface area (Å²) >= 11 is 0. The van der Waals surface area contributed by atoms with E-state index in [1.54, 1.807) is 13.3 Å². The van der Waals surface area contributed by atoms with Crippen molar-refractivity contribution in [1.29, 1.82) is 0 Å². The van der Waals surface area contributed by atoms with Crippen LogP contribution in [0.3, 0.4) is 0 Å². The van der Waals surface area contributed by atoms with Gasteiger partial charge in [0.05, 0.1) is 31.9 Å². The summed E-state index contributed by atoms with van der Waals surface area (Å²) in [6.07, 6.45) is 1.47. The largest absolute Gasteiger partial charge is 0.497 e. The Morgan fingerprint density at radius 2 is 2.07 bits per heavy atom. The number of ether oxygens (including phenoxy) is 3. The summed E-state index contributed by atoms with van der Waals surface area (Å²) in [6.45, 7) is 1.89. The van der Waals surface area contributed by atoms with Crippen molar-refractivity contribution >= 4 is 0 Å². The van der Waals surface area contributed by atoms with Crippen LogP contribution in [-0.2, 0) is 22.4 Å². The highest BCUT2D eigenvalue weighted by molar-refractivity contribution is 5.27. The summed E-state index contributed by atoms with van der Waals surface area (Å²) in [5, 5.41) is 14.6. The van der Waals surface area contributed by atoms with Crippen LogP contribution >= 0.6 is 0 Å². The molecule has 2 aliphatic rings. The Labute approximate surface area is 171 Å². The van der Waals surface area contributed by atoms with Gasteiger partial charge in [-0.25, -0.2) is 0 Å². The van der Waals surface area contributed by atoms with Gasteiger partial charge in [-0.05, 0) is 36.9 Å². The first kappa shape index (κ1) is 20.3. The molecule has 156 valence electrons. The summed E-state index contributed by atoms with van der Waals surface area (Å²) in [5.41, 5.74) is 2.16. The van der Waals surface area contributed by atoms with E-state index in [4.69, 9.17) is 14.2 Å². The summed E-state index contributed by atoms with van der Waals surface area (Å²) in [7, 11) is 3.66. The molecule has 5 atom stereocenters. The van der Waals surface area contributed by atoms with Gasteiger partial charge >= 0.3 is 0 Å². The van der Waals surface area contributed by atoms with Gasteiger partial charge in [0.15, 0.2) is 6.29 Å². The van der Waals surface area contributed by atoms with Crippen molar-refractivity contribution < 1.29 is 19.3 Å². The predicted octanol–water partition coefficient (Wildman–Crippen LogP) is 1.21. The van der Waals surface area contributed by atoms with Gasteiger partial charge in [0.1, 0.15) is 11.9 Å². The van der Waals surface area contributed by atoms with E-state index in [1.165, 1.54) is 0 Å². The van der Waals surface area contributed by atoms with E-state index in [2.05, 4.69) is 15.2 Å². The van der Waals surface area contributed by atoms with Gasteiger partial charge in [0, 0.05) is 31.4 Å². The fraction of sp³-hybridized carbons (Fsp3) is 0.500. The van der Waals surface area contributed by atoms with E-state index in [0.29, 0.717) is 13.2 Å². The average Bonchev–Trinajstić information content (AvgIpc) is 3.18.